The average Bonchev–Trinajstić information content (AvgIpc) is 2.62. The summed E-state index contributed by atoms with van der Waals surface area (Å²) in [4.78, 5) is 0. The summed E-state index contributed by atoms with van der Waals surface area (Å²) in [5.41, 5.74) is 3.96. The van der Waals surface area contributed by atoms with E-state index in [1.807, 2.05) is 31.2 Å². The third kappa shape index (κ3) is 5.38. The minimum Gasteiger partial charge on any atom is -0.486 e. The Kier molecular flexibility index (Phi) is 6.64. The van der Waals surface area contributed by atoms with Crippen LogP contribution < -0.4 is 10.1 Å². The van der Waals surface area contributed by atoms with Crippen LogP contribution in [0.25, 0.3) is 0 Å². The molecule has 3 rings (SSSR count). The molecule has 3 aromatic rings. The van der Waals surface area contributed by atoms with Crippen molar-refractivity contribution in [2.75, 3.05) is 5.32 Å². The highest BCUT2D eigenvalue weighted by atomic mass is 79.9. The molecule has 0 saturated carbocycles. The molecular formula is C21H17BrCl2FNO. The van der Waals surface area contributed by atoms with E-state index in [0.29, 0.717) is 22.3 Å². The highest BCUT2D eigenvalue weighted by molar-refractivity contribution is 9.10. The van der Waals surface area contributed by atoms with Crippen LogP contribution in [0.5, 0.6) is 5.75 Å². The van der Waals surface area contributed by atoms with Gasteiger partial charge in [-0.05, 0) is 66.1 Å². The van der Waals surface area contributed by atoms with Gasteiger partial charge in [0.05, 0.1) is 10.0 Å². The van der Waals surface area contributed by atoms with Gasteiger partial charge < -0.3 is 10.1 Å². The van der Waals surface area contributed by atoms with E-state index in [0.717, 1.165) is 26.9 Å². The van der Waals surface area contributed by atoms with E-state index in [1.54, 1.807) is 12.1 Å². The van der Waals surface area contributed by atoms with Gasteiger partial charge in [0.15, 0.2) is 5.75 Å². The molecule has 0 saturated heterocycles. The molecule has 1 N–H and O–H groups in total. The fraction of sp³-hybridized carbons (Fsp3) is 0.143. The van der Waals surface area contributed by atoms with Gasteiger partial charge in [-0.2, -0.15) is 0 Å². The molecule has 0 fully saturated rings. The Morgan fingerprint density at radius 2 is 1.63 bits per heavy atom. The number of aryl methyl sites for hydroxylation is 1. The fourth-order valence-corrected chi connectivity index (χ4v) is 3.73. The van der Waals surface area contributed by atoms with Gasteiger partial charge >= 0.3 is 0 Å². The summed E-state index contributed by atoms with van der Waals surface area (Å²) < 4.78 is 19.7. The summed E-state index contributed by atoms with van der Waals surface area (Å²) in [7, 11) is 0. The van der Waals surface area contributed by atoms with Crippen LogP contribution in [0.3, 0.4) is 0 Å². The number of nitrogens with one attached hydrogen (secondary N) is 1. The Balaban J connectivity index is 1.67. The van der Waals surface area contributed by atoms with Crippen molar-refractivity contribution in [1.29, 1.82) is 0 Å². The Morgan fingerprint density at radius 1 is 0.963 bits per heavy atom. The van der Waals surface area contributed by atoms with E-state index in [9.17, 15) is 4.39 Å². The molecule has 0 aliphatic rings. The number of ether oxygens (including phenoxy) is 1. The van der Waals surface area contributed by atoms with Gasteiger partial charge in [0.1, 0.15) is 12.4 Å². The minimum absolute atomic E-state index is 0.259. The van der Waals surface area contributed by atoms with Crippen LogP contribution in [0.4, 0.5) is 10.1 Å². The van der Waals surface area contributed by atoms with Gasteiger partial charge in [-0.3, -0.25) is 0 Å². The van der Waals surface area contributed by atoms with E-state index >= 15 is 0 Å². The first-order valence-electron chi connectivity index (χ1n) is 8.27. The SMILES string of the molecule is Cc1cc(Br)ccc1NCc1cc(Cl)c(OCc2ccc(F)cc2)c(Cl)c1. The Bertz CT molecular complexity index is 924. The zero-order valence-corrected chi connectivity index (χ0v) is 17.6. The smallest absolute Gasteiger partial charge is 0.156 e. The van der Waals surface area contributed by atoms with Gasteiger partial charge in [0, 0.05) is 16.7 Å². The van der Waals surface area contributed by atoms with Crippen LogP contribution in [-0.2, 0) is 13.2 Å². The summed E-state index contributed by atoms with van der Waals surface area (Å²) in [6.07, 6.45) is 0. The number of benzene rings is 3. The van der Waals surface area contributed by atoms with Crippen molar-refractivity contribution in [3.8, 4) is 5.75 Å². The first-order valence-corrected chi connectivity index (χ1v) is 9.82. The molecule has 2 nitrogen and oxygen atoms in total. The highest BCUT2D eigenvalue weighted by Gasteiger charge is 2.11. The molecule has 140 valence electrons. The number of hydrogen-bond donors (Lipinski definition) is 1. The monoisotopic (exact) mass is 467 g/mol. The van der Waals surface area contributed by atoms with Crippen molar-refractivity contribution in [2.24, 2.45) is 0 Å². The van der Waals surface area contributed by atoms with Gasteiger partial charge in [-0.25, -0.2) is 4.39 Å². The van der Waals surface area contributed by atoms with E-state index in [2.05, 4.69) is 27.3 Å². The molecule has 0 unspecified atom stereocenters. The van der Waals surface area contributed by atoms with Gasteiger partial charge in [-0.15, -0.1) is 0 Å². The number of hydrogen-bond acceptors (Lipinski definition) is 2. The molecule has 27 heavy (non-hydrogen) atoms. The second-order valence-electron chi connectivity index (χ2n) is 6.12. The van der Waals surface area contributed by atoms with Crippen molar-refractivity contribution < 1.29 is 9.13 Å². The largest absolute Gasteiger partial charge is 0.486 e. The third-order valence-corrected chi connectivity index (χ3v) is 5.08. The second-order valence-corrected chi connectivity index (χ2v) is 7.85. The topological polar surface area (TPSA) is 21.3 Å². The van der Waals surface area contributed by atoms with Gasteiger partial charge in [0.2, 0.25) is 0 Å². The molecule has 0 aromatic heterocycles. The summed E-state index contributed by atoms with van der Waals surface area (Å²) in [6, 6.07) is 15.8. The summed E-state index contributed by atoms with van der Waals surface area (Å²) >= 11 is 16.2. The average molecular weight is 469 g/mol. The zero-order chi connectivity index (χ0) is 19.4. The fourth-order valence-electron chi connectivity index (χ4n) is 2.61. The Labute approximate surface area is 176 Å². The number of halogens is 4. The molecule has 0 heterocycles. The summed E-state index contributed by atoms with van der Waals surface area (Å²) in [5.74, 6) is 0.138. The lowest BCUT2D eigenvalue weighted by Crippen LogP contribution is -2.02. The molecule has 3 aromatic carbocycles. The van der Waals surface area contributed by atoms with Crippen molar-refractivity contribution in [1.82, 2.24) is 0 Å². The molecule has 0 radical (unpaired) electrons. The molecule has 0 spiro atoms. The summed E-state index contributed by atoms with van der Waals surface area (Å²) in [5, 5.41) is 4.26. The maximum Gasteiger partial charge on any atom is 0.156 e. The van der Waals surface area contributed by atoms with E-state index in [4.69, 9.17) is 27.9 Å². The van der Waals surface area contributed by atoms with Crippen LogP contribution >= 0.6 is 39.1 Å². The standard InChI is InChI=1S/C21H17BrCl2FNO/c1-13-8-16(22)4-7-20(13)26-11-15-9-18(23)21(19(24)10-15)27-12-14-2-5-17(25)6-3-14/h2-10,26H,11-12H2,1H3. The maximum absolute atomic E-state index is 13.0. The molecule has 6 heteroatoms. The molecule has 0 aliphatic heterocycles. The lowest BCUT2D eigenvalue weighted by molar-refractivity contribution is 0.306. The van der Waals surface area contributed by atoms with Gasteiger partial charge in [-0.1, -0.05) is 51.3 Å². The molecular weight excluding hydrogens is 452 g/mol. The predicted octanol–water partition coefficient (Wildman–Crippen LogP) is 7.39. The molecule has 0 amide bonds. The maximum atomic E-state index is 13.0. The normalized spacial score (nSPS) is 10.7. The Hall–Kier alpha value is -1.75. The van der Waals surface area contributed by atoms with Crippen LogP contribution in [0.2, 0.25) is 10.0 Å². The number of anilines is 1. The second kappa shape index (κ2) is 8.96. The van der Waals surface area contributed by atoms with E-state index in [-0.39, 0.29) is 12.4 Å². The van der Waals surface area contributed by atoms with Crippen molar-refractivity contribution >= 4 is 44.8 Å². The first kappa shape index (κ1) is 20.0. The van der Waals surface area contributed by atoms with Crippen molar-refractivity contribution in [2.45, 2.75) is 20.1 Å². The van der Waals surface area contributed by atoms with E-state index in [1.165, 1.54) is 12.1 Å². The predicted molar refractivity (Wildman–Crippen MR) is 113 cm³/mol. The first-order chi connectivity index (χ1) is 12.9. The summed E-state index contributed by atoms with van der Waals surface area (Å²) in [6.45, 7) is 2.88. The van der Waals surface area contributed by atoms with Crippen LogP contribution in [0.15, 0.2) is 59.1 Å². The van der Waals surface area contributed by atoms with Gasteiger partial charge in [0.25, 0.3) is 0 Å². The Morgan fingerprint density at radius 3 is 2.26 bits per heavy atom. The molecule has 0 bridgehead atoms. The third-order valence-electron chi connectivity index (χ3n) is 4.03. The van der Waals surface area contributed by atoms with Crippen LogP contribution in [0.1, 0.15) is 16.7 Å². The zero-order valence-electron chi connectivity index (χ0n) is 14.5. The van der Waals surface area contributed by atoms with Crippen molar-refractivity contribution in [3.63, 3.8) is 0 Å². The van der Waals surface area contributed by atoms with E-state index < -0.39 is 0 Å². The lowest BCUT2D eigenvalue weighted by atomic mass is 10.1. The number of rotatable bonds is 6. The van der Waals surface area contributed by atoms with Crippen LogP contribution in [-0.4, -0.2) is 0 Å². The quantitative estimate of drug-likeness (QED) is 0.407. The lowest BCUT2D eigenvalue weighted by Gasteiger charge is -2.14. The highest BCUT2D eigenvalue weighted by Crippen LogP contribution is 2.35. The molecule has 0 atom stereocenters. The van der Waals surface area contributed by atoms with Crippen molar-refractivity contribution in [3.05, 3.63) is 91.6 Å². The van der Waals surface area contributed by atoms with Crippen LogP contribution in [0, 0.1) is 12.7 Å². The molecule has 0 aliphatic carbocycles. The minimum atomic E-state index is -0.285.